The van der Waals surface area contributed by atoms with Crippen molar-refractivity contribution in [1.82, 2.24) is 24.6 Å². The number of rotatable bonds is 5. The largest absolute Gasteiger partial charge is 0.486 e. The lowest BCUT2D eigenvalue weighted by atomic mass is 10.0. The summed E-state index contributed by atoms with van der Waals surface area (Å²) in [4.78, 5) is 9.71. The van der Waals surface area contributed by atoms with Crippen molar-refractivity contribution < 1.29 is 4.74 Å². The molecule has 0 spiro atoms. The van der Waals surface area contributed by atoms with E-state index in [-0.39, 0.29) is 0 Å². The second kappa shape index (κ2) is 7.76. The summed E-state index contributed by atoms with van der Waals surface area (Å²) in [5.41, 5.74) is 0. The lowest BCUT2D eigenvalue weighted by Crippen LogP contribution is -2.33. The van der Waals surface area contributed by atoms with Gasteiger partial charge in [-0.05, 0) is 65.1 Å². The van der Waals surface area contributed by atoms with Gasteiger partial charge in [-0.1, -0.05) is 18.2 Å². The molecular weight excluding hydrogens is 326 g/mol. The Morgan fingerprint density at radius 1 is 1.00 bits per heavy atom. The Balaban J connectivity index is 1.53. The molecule has 0 bridgehead atoms. The molecule has 4 rings (SSSR count). The van der Waals surface area contributed by atoms with E-state index in [2.05, 4.69) is 28.6 Å². The standard InChI is InChI=1S/C20H29N5O/c1-23-12-9-17(10-13-23)25-20(16-8-11-24(2)14-16)21-19(22-25)15-26-18-6-4-3-5-7-18/h3-7,16-17H,8-15H2,1-2H3/t16-/m1/s1. The van der Waals surface area contributed by atoms with Crippen LogP contribution in [0.3, 0.4) is 0 Å². The molecule has 1 atom stereocenters. The number of para-hydroxylation sites is 1. The first-order valence-corrected chi connectivity index (χ1v) is 9.69. The van der Waals surface area contributed by atoms with E-state index in [1.165, 1.54) is 6.42 Å². The zero-order chi connectivity index (χ0) is 17.9. The Bertz CT molecular complexity index is 708. The van der Waals surface area contributed by atoms with Crippen molar-refractivity contribution >= 4 is 0 Å². The SMILES string of the molecule is CN1CCC(n2nc(COc3ccccc3)nc2[C@@H]2CCN(C)C2)CC1. The van der Waals surface area contributed by atoms with Crippen LogP contribution in [0.5, 0.6) is 5.75 Å². The van der Waals surface area contributed by atoms with E-state index in [4.69, 9.17) is 14.8 Å². The molecule has 0 aliphatic carbocycles. The summed E-state index contributed by atoms with van der Waals surface area (Å²) in [5, 5.41) is 4.89. The molecule has 0 unspecified atom stereocenters. The number of likely N-dealkylation sites (N-methyl/N-ethyl adjacent to an activating group) is 1. The van der Waals surface area contributed by atoms with Gasteiger partial charge in [-0.3, -0.25) is 0 Å². The molecule has 0 amide bonds. The van der Waals surface area contributed by atoms with Crippen LogP contribution in [-0.4, -0.2) is 64.8 Å². The Labute approximate surface area is 155 Å². The van der Waals surface area contributed by atoms with Gasteiger partial charge in [0.05, 0.1) is 6.04 Å². The van der Waals surface area contributed by atoms with Gasteiger partial charge in [-0.2, -0.15) is 5.10 Å². The topological polar surface area (TPSA) is 46.4 Å². The quantitative estimate of drug-likeness (QED) is 0.825. The van der Waals surface area contributed by atoms with E-state index in [1.807, 2.05) is 30.3 Å². The molecule has 3 heterocycles. The number of piperidine rings is 1. The van der Waals surface area contributed by atoms with Crippen molar-refractivity contribution in [2.24, 2.45) is 0 Å². The van der Waals surface area contributed by atoms with Gasteiger partial charge in [0.15, 0.2) is 5.82 Å². The van der Waals surface area contributed by atoms with E-state index < -0.39 is 0 Å². The second-order valence-corrected chi connectivity index (χ2v) is 7.71. The summed E-state index contributed by atoms with van der Waals surface area (Å²) in [6.45, 7) is 4.90. The molecule has 0 saturated carbocycles. The normalized spacial score (nSPS) is 22.8. The van der Waals surface area contributed by atoms with Crippen molar-refractivity contribution in [2.75, 3.05) is 40.3 Å². The fraction of sp³-hybridized carbons (Fsp3) is 0.600. The van der Waals surface area contributed by atoms with Crippen LogP contribution in [-0.2, 0) is 6.61 Å². The van der Waals surface area contributed by atoms with Crippen molar-refractivity contribution in [3.05, 3.63) is 42.0 Å². The van der Waals surface area contributed by atoms with Crippen LogP contribution in [0.25, 0.3) is 0 Å². The van der Waals surface area contributed by atoms with Crippen LogP contribution >= 0.6 is 0 Å². The van der Waals surface area contributed by atoms with Crippen LogP contribution in [0, 0.1) is 0 Å². The molecule has 26 heavy (non-hydrogen) atoms. The van der Waals surface area contributed by atoms with Crippen LogP contribution in [0.15, 0.2) is 30.3 Å². The number of nitrogens with zero attached hydrogens (tertiary/aromatic N) is 5. The van der Waals surface area contributed by atoms with Crippen LogP contribution < -0.4 is 4.74 Å². The maximum atomic E-state index is 5.89. The van der Waals surface area contributed by atoms with E-state index in [0.717, 1.165) is 56.4 Å². The number of hydrogen-bond donors (Lipinski definition) is 0. The molecule has 2 aliphatic heterocycles. The molecule has 0 N–H and O–H groups in total. The second-order valence-electron chi connectivity index (χ2n) is 7.71. The molecule has 2 fully saturated rings. The highest BCUT2D eigenvalue weighted by Crippen LogP contribution is 2.30. The smallest absolute Gasteiger partial charge is 0.188 e. The Kier molecular flexibility index (Phi) is 5.22. The molecule has 2 aromatic rings. The Morgan fingerprint density at radius 3 is 2.42 bits per heavy atom. The molecule has 140 valence electrons. The minimum atomic E-state index is 0.430. The first-order chi connectivity index (χ1) is 12.7. The monoisotopic (exact) mass is 355 g/mol. The van der Waals surface area contributed by atoms with Crippen LogP contribution in [0.2, 0.25) is 0 Å². The zero-order valence-corrected chi connectivity index (χ0v) is 15.8. The van der Waals surface area contributed by atoms with Gasteiger partial charge in [0.25, 0.3) is 0 Å². The average Bonchev–Trinajstić information content (AvgIpc) is 3.28. The van der Waals surface area contributed by atoms with E-state index in [1.54, 1.807) is 0 Å². The summed E-state index contributed by atoms with van der Waals surface area (Å²) in [5.74, 6) is 3.32. The van der Waals surface area contributed by atoms with Crippen molar-refractivity contribution in [1.29, 1.82) is 0 Å². The van der Waals surface area contributed by atoms with Gasteiger partial charge in [0, 0.05) is 12.5 Å². The number of likely N-dealkylation sites (tertiary alicyclic amines) is 2. The summed E-state index contributed by atoms with van der Waals surface area (Å²) in [6, 6.07) is 10.4. The molecule has 1 aromatic carbocycles. The van der Waals surface area contributed by atoms with Crippen molar-refractivity contribution in [2.45, 2.75) is 37.8 Å². The maximum absolute atomic E-state index is 5.89. The van der Waals surface area contributed by atoms with E-state index in [0.29, 0.717) is 18.6 Å². The molecule has 2 saturated heterocycles. The van der Waals surface area contributed by atoms with Gasteiger partial charge in [0.1, 0.15) is 18.2 Å². The number of benzene rings is 1. The van der Waals surface area contributed by atoms with Crippen molar-refractivity contribution in [3.63, 3.8) is 0 Å². The van der Waals surface area contributed by atoms with Gasteiger partial charge in [-0.25, -0.2) is 9.67 Å². The molecule has 0 radical (unpaired) electrons. The fourth-order valence-corrected chi connectivity index (χ4v) is 4.04. The van der Waals surface area contributed by atoms with E-state index >= 15 is 0 Å². The minimum absolute atomic E-state index is 0.430. The molecular formula is C20H29N5O. The lowest BCUT2D eigenvalue weighted by molar-refractivity contribution is 0.206. The first kappa shape index (κ1) is 17.5. The first-order valence-electron chi connectivity index (χ1n) is 9.69. The average molecular weight is 355 g/mol. The highest BCUT2D eigenvalue weighted by Gasteiger charge is 2.30. The third-order valence-corrected chi connectivity index (χ3v) is 5.60. The molecule has 2 aliphatic rings. The number of hydrogen-bond acceptors (Lipinski definition) is 5. The summed E-state index contributed by atoms with van der Waals surface area (Å²) in [6.07, 6.45) is 3.46. The van der Waals surface area contributed by atoms with Gasteiger partial charge >= 0.3 is 0 Å². The van der Waals surface area contributed by atoms with Gasteiger partial charge < -0.3 is 14.5 Å². The van der Waals surface area contributed by atoms with Gasteiger partial charge in [0.2, 0.25) is 0 Å². The highest BCUT2D eigenvalue weighted by atomic mass is 16.5. The summed E-state index contributed by atoms with van der Waals surface area (Å²) in [7, 11) is 4.39. The van der Waals surface area contributed by atoms with Crippen molar-refractivity contribution in [3.8, 4) is 5.75 Å². The molecule has 1 aromatic heterocycles. The lowest BCUT2D eigenvalue weighted by Gasteiger charge is -2.30. The Morgan fingerprint density at radius 2 is 1.73 bits per heavy atom. The zero-order valence-electron chi connectivity index (χ0n) is 15.8. The third-order valence-electron chi connectivity index (χ3n) is 5.60. The predicted octanol–water partition coefficient (Wildman–Crippen LogP) is 2.54. The number of aromatic nitrogens is 3. The fourth-order valence-electron chi connectivity index (χ4n) is 4.04. The summed E-state index contributed by atoms with van der Waals surface area (Å²) >= 11 is 0. The van der Waals surface area contributed by atoms with Crippen LogP contribution in [0.1, 0.15) is 42.9 Å². The number of ether oxygens (including phenoxy) is 1. The Hall–Kier alpha value is -1.92. The molecule has 6 heteroatoms. The molecule has 6 nitrogen and oxygen atoms in total. The summed E-state index contributed by atoms with van der Waals surface area (Å²) < 4.78 is 8.13. The van der Waals surface area contributed by atoms with Gasteiger partial charge in [-0.15, -0.1) is 0 Å². The third kappa shape index (κ3) is 3.91. The predicted molar refractivity (Wildman–Crippen MR) is 101 cm³/mol. The maximum Gasteiger partial charge on any atom is 0.188 e. The highest BCUT2D eigenvalue weighted by molar-refractivity contribution is 5.21. The van der Waals surface area contributed by atoms with E-state index in [9.17, 15) is 0 Å². The van der Waals surface area contributed by atoms with Crippen LogP contribution in [0.4, 0.5) is 0 Å². The minimum Gasteiger partial charge on any atom is -0.486 e.